The van der Waals surface area contributed by atoms with Gasteiger partial charge >= 0.3 is 0 Å². The fraction of sp³-hybridized carbons (Fsp3) is 0.417. The van der Waals surface area contributed by atoms with Crippen molar-refractivity contribution in [3.8, 4) is 0 Å². The molecular weight excluding hydrogens is 397 g/mol. The Morgan fingerprint density at radius 3 is 2.76 bits per heavy atom. The normalized spacial score (nSPS) is 17.4. The number of aliphatic hydroxyl groups is 1. The smallest absolute Gasteiger partial charge is 0.252 e. The Hall–Kier alpha value is -0.140. The van der Waals surface area contributed by atoms with E-state index in [1.165, 1.54) is 0 Å². The number of halogens is 2. The number of carbonyl (C=O) groups is 1. The van der Waals surface area contributed by atoms with Gasteiger partial charge in [0.15, 0.2) is 0 Å². The topological polar surface area (TPSA) is 49.3 Å². The second kappa shape index (κ2) is 5.24. The van der Waals surface area contributed by atoms with Gasteiger partial charge in [0.25, 0.3) is 5.91 Å². The summed E-state index contributed by atoms with van der Waals surface area (Å²) in [7, 11) is 0. The molecule has 1 aliphatic carbocycles. The van der Waals surface area contributed by atoms with E-state index >= 15 is 0 Å². The van der Waals surface area contributed by atoms with Gasteiger partial charge in [-0.2, -0.15) is 0 Å². The quantitative estimate of drug-likeness (QED) is 0.754. The van der Waals surface area contributed by atoms with Crippen molar-refractivity contribution in [1.82, 2.24) is 5.32 Å². The summed E-state index contributed by atoms with van der Waals surface area (Å²) in [6, 6.07) is 5.61. The van der Waals surface area contributed by atoms with Crippen LogP contribution >= 0.6 is 38.5 Å². The van der Waals surface area contributed by atoms with Crippen LogP contribution in [0.4, 0.5) is 0 Å². The molecule has 0 unspecified atom stereocenters. The second-order valence-corrected chi connectivity index (χ2v) is 6.45. The number of hydrogen-bond donors (Lipinski definition) is 2. The number of hydrogen-bond acceptors (Lipinski definition) is 2. The first-order chi connectivity index (χ1) is 8.06. The minimum Gasteiger partial charge on any atom is -0.394 e. The molecule has 1 aromatic rings. The van der Waals surface area contributed by atoms with Crippen molar-refractivity contribution in [3.05, 3.63) is 31.8 Å². The van der Waals surface area contributed by atoms with E-state index in [-0.39, 0.29) is 18.1 Å². The highest BCUT2D eigenvalue weighted by Crippen LogP contribution is 2.31. The van der Waals surface area contributed by atoms with Crippen molar-refractivity contribution in [2.45, 2.75) is 24.8 Å². The molecule has 1 saturated carbocycles. The highest BCUT2D eigenvalue weighted by Gasteiger charge is 2.38. The van der Waals surface area contributed by atoms with Crippen molar-refractivity contribution < 1.29 is 9.90 Å². The minimum absolute atomic E-state index is 0.0172. The Labute approximate surface area is 122 Å². The number of nitrogens with one attached hydrogen (secondary N) is 1. The first kappa shape index (κ1) is 13.3. The average molecular weight is 410 g/mol. The van der Waals surface area contributed by atoms with E-state index in [0.29, 0.717) is 5.56 Å². The Balaban J connectivity index is 2.17. The van der Waals surface area contributed by atoms with Gasteiger partial charge in [-0.05, 0) is 60.1 Å². The monoisotopic (exact) mass is 409 g/mol. The average Bonchev–Trinajstić information content (AvgIpc) is 2.26. The van der Waals surface area contributed by atoms with Crippen LogP contribution < -0.4 is 5.32 Å². The van der Waals surface area contributed by atoms with Gasteiger partial charge in [0, 0.05) is 8.04 Å². The zero-order valence-corrected chi connectivity index (χ0v) is 12.9. The third kappa shape index (κ3) is 2.82. The molecule has 0 aliphatic heterocycles. The lowest BCUT2D eigenvalue weighted by Crippen LogP contribution is -2.56. The van der Waals surface area contributed by atoms with Gasteiger partial charge in [-0.1, -0.05) is 15.9 Å². The fourth-order valence-corrected chi connectivity index (χ4v) is 2.85. The molecule has 2 N–H and O–H groups in total. The molecule has 1 fully saturated rings. The van der Waals surface area contributed by atoms with Crippen molar-refractivity contribution in [3.63, 3.8) is 0 Å². The van der Waals surface area contributed by atoms with Crippen molar-refractivity contribution in [2.24, 2.45) is 0 Å². The van der Waals surface area contributed by atoms with E-state index in [4.69, 9.17) is 0 Å². The minimum atomic E-state index is -0.386. The van der Waals surface area contributed by atoms with Gasteiger partial charge in [-0.25, -0.2) is 0 Å². The maximum absolute atomic E-state index is 12.1. The third-order valence-corrected chi connectivity index (χ3v) is 4.60. The van der Waals surface area contributed by atoms with E-state index in [2.05, 4.69) is 43.8 Å². The Morgan fingerprint density at radius 1 is 1.53 bits per heavy atom. The number of carbonyl (C=O) groups excluding carboxylic acids is 1. The second-order valence-electron chi connectivity index (χ2n) is 4.37. The van der Waals surface area contributed by atoms with Crippen molar-refractivity contribution in [2.75, 3.05) is 6.61 Å². The summed E-state index contributed by atoms with van der Waals surface area (Å²) in [5, 5.41) is 12.3. The molecule has 1 amide bonds. The zero-order chi connectivity index (χ0) is 12.5. The Kier molecular flexibility index (Phi) is 4.10. The molecule has 0 atom stereocenters. The van der Waals surface area contributed by atoms with Gasteiger partial charge < -0.3 is 10.4 Å². The number of amides is 1. The SMILES string of the molecule is O=C(NC1(CO)CCC1)c1cc(Br)ccc1I. The van der Waals surface area contributed by atoms with E-state index in [9.17, 15) is 9.90 Å². The molecule has 0 radical (unpaired) electrons. The summed E-state index contributed by atoms with van der Waals surface area (Å²) in [5.74, 6) is -0.107. The molecule has 92 valence electrons. The van der Waals surface area contributed by atoms with Crippen LogP contribution in [0.5, 0.6) is 0 Å². The molecule has 1 aliphatic rings. The van der Waals surface area contributed by atoms with Crippen LogP contribution in [-0.4, -0.2) is 23.2 Å². The van der Waals surface area contributed by atoms with E-state index in [0.717, 1.165) is 27.3 Å². The Bertz CT molecular complexity index is 441. The standard InChI is InChI=1S/C12H13BrINO2/c13-8-2-3-10(14)9(6-8)11(17)15-12(7-16)4-1-5-12/h2-3,6,16H,1,4-5,7H2,(H,15,17). The molecule has 0 heterocycles. The van der Waals surface area contributed by atoms with Gasteiger partial charge in [0.05, 0.1) is 17.7 Å². The molecule has 17 heavy (non-hydrogen) atoms. The summed E-state index contributed by atoms with van der Waals surface area (Å²) in [6.07, 6.45) is 2.79. The lowest BCUT2D eigenvalue weighted by molar-refractivity contribution is 0.0641. The van der Waals surface area contributed by atoms with E-state index in [1.54, 1.807) is 6.07 Å². The summed E-state index contributed by atoms with van der Waals surface area (Å²) < 4.78 is 1.80. The zero-order valence-electron chi connectivity index (χ0n) is 9.17. The molecule has 0 aromatic heterocycles. The van der Waals surface area contributed by atoms with Crippen LogP contribution in [0.15, 0.2) is 22.7 Å². The number of aliphatic hydroxyl groups excluding tert-OH is 1. The predicted octanol–water partition coefficient (Wildman–Crippen LogP) is 2.70. The van der Waals surface area contributed by atoms with Crippen LogP contribution in [0.2, 0.25) is 0 Å². The van der Waals surface area contributed by atoms with Gasteiger partial charge in [0.1, 0.15) is 0 Å². The summed E-state index contributed by atoms with van der Waals surface area (Å²) in [6.45, 7) is 0.0172. The molecule has 3 nitrogen and oxygen atoms in total. The number of benzene rings is 1. The van der Waals surface area contributed by atoms with Gasteiger partial charge in [-0.15, -0.1) is 0 Å². The molecule has 0 spiro atoms. The van der Waals surface area contributed by atoms with E-state index < -0.39 is 0 Å². The summed E-state index contributed by atoms with van der Waals surface area (Å²) >= 11 is 5.50. The fourth-order valence-electron chi connectivity index (χ4n) is 1.91. The van der Waals surface area contributed by atoms with Gasteiger partial charge in [0.2, 0.25) is 0 Å². The maximum atomic E-state index is 12.1. The maximum Gasteiger partial charge on any atom is 0.252 e. The molecule has 0 bridgehead atoms. The van der Waals surface area contributed by atoms with Gasteiger partial charge in [-0.3, -0.25) is 4.79 Å². The van der Waals surface area contributed by atoms with Crippen molar-refractivity contribution in [1.29, 1.82) is 0 Å². The van der Waals surface area contributed by atoms with Crippen LogP contribution in [0.1, 0.15) is 29.6 Å². The van der Waals surface area contributed by atoms with E-state index in [1.807, 2.05) is 12.1 Å². The first-order valence-electron chi connectivity index (χ1n) is 5.45. The lowest BCUT2D eigenvalue weighted by atomic mass is 9.77. The lowest BCUT2D eigenvalue weighted by Gasteiger charge is -2.41. The highest BCUT2D eigenvalue weighted by molar-refractivity contribution is 14.1. The molecular formula is C12H13BrINO2. The summed E-state index contributed by atoms with van der Waals surface area (Å²) in [4.78, 5) is 12.1. The molecule has 2 rings (SSSR count). The first-order valence-corrected chi connectivity index (χ1v) is 7.32. The predicted molar refractivity (Wildman–Crippen MR) is 78.0 cm³/mol. The van der Waals surface area contributed by atoms with Crippen LogP contribution in [0, 0.1) is 3.57 Å². The highest BCUT2D eigenvalue weighted by atomic mass is 127. The Morgan fingerprint density at radius 2 is 2.24 bits per heavy atom. The van der Waals surface area contributed by atoms with Crippen molar-refractivity contribution >= 4 is 44.4 Å². The molecule has 5 heteroatoms. The van der Waals surface area contributed by atoms with Crippen LogP contribution in [-0.2, 0) is 0 Å². The number of rotatable bonds is 3. The third-order valence-electron chi connectivity index (χ3n) is 3.17. The molecule has 0 saturated heterocycles. The van der Waals surface area contributed by atoms with Crippen LogP contribution in [0.3, 0.4) is 0 Å². The summed E-state index contributed by atoms with van der Waals surface area (Å²) in [5.41, 5.74) is 0.266. The molecule has 1 aromatic carbocycles. The largest absolute Gasteiger partial charge is 0.394 e. The van der Waals surface area contributed by atoms with Crippen LogP contribution in [0.25, 0.3) is 0 Å².